The normalized spacial score (nSPS) is 9.36. The molecule has 0 bridgehead atoms. The predicted octanol–water partition coefficient (Wildman–Crippen LogP) is 3.75. The summed E-state index contributed by atoms with van der Waals surface area (Å²) in [6.45, 7) is 2.10. The predicted molar refractivity (Wildman–Crippen MR) is 63.1 cm³/mol. The number of aromatic hydroxyl groups is 1. The van der Waals surface area contributed by atoms with Crippen LogP contribution in [0.1, 0.15) is 26.3 Å². The topological polar surface area (TPSA) is 29.5 Å². The number of ether oxygens (including phenoxy) is 1. The van der Waals surface area contributed by atoms with Gasteiger partial charge in [0, 0.05) is 4.47 Å². The zero-order valence-electron chi connectivity index (χ0n) is 7.80. The third-order valence-corrected chi connectivity index (χ3v) is 2.61. The number of methoxy groups -OCH3 is 1. The molecule has 1 aromatic rings. The Morgan fingerprint density at radius 3 is 2.57 bits per heavy atom. The molecule has 14 heavy (non-hydrogen) atoms. The Kier molecular flexibility index (Phi) is 5.62. The summed E-state index contributed by atoms with van der Waals surface area (Å²) in [5.74, 6) is 0.709. The van der Waals surface area contributed by atoms with Gasteiger partial charge in [0.15, 0.2) is 11.5 Å². The molecule has 0 aliphatic heterocycles. The summed E-state index contributed by atoms with van der Waals surface area (Å²) < 4.78 is 5.97. The largest absolute Gasteiger partial charge is 0.504 e. The number of phenols is 1. The summed E-state index contributed by atoms with van der Waals surface area (Å²) in [4.78, 5) is 0. The van der Waals surface area contributed by atoms with E-state index in [4.69, 9.17) is 4.74 Å². The van der Waals surface area contributed by atoms with Gasteiger partial charge in [0.25, 0.3) is 0 Å². The van der Waals surface area contributed by atoms with Crippen LogP contribution in [-0.2, 0) is 6.42 Å². The molecular weight excluding hydrogens is 244 g/mol. The van der Waals surface area contributed by atoms with Gasteiger partial charge in [-0.15, -0.1) is 0 Å². The standard InChI is InChI=1S/C10H13BrO2.CH4/c1-3-4-7-5-9(12)10(13-2)6-8(7)11;/h5-6,12H,3-4H2,1-2H3;1H4. The molecule has 0 unspecified atom stereocenters. The second-order valence-corrected chi connectivity index (χ2v) is 3.72. The first-order chi connectivity index (χ1) is 6.19. The highest BCUT2D eigenvalue weighted by molar-refractivity contribution is 9.10. The summed E-state index contributed by atoms with van der Waals surface area (Å²) in [7, 11) is 1.54. The van der Waals surface area contributed by atoms with Crippen LogP contribution in [-0.4, -0.2) is 12.2 Å². The highest BCUT2D eigenvalue weighted by Gasteiger charge is 2.06. The summed E-state index contributed by atoms with van der Waals surface area (Å²) >= 11 is 3.43. The van der Waals surface area contributed by atoms with Gasteiger partial charge in [0.2, 0.25) is 0 Å². The van der Waals surface area contributed by atoms with E-state index in [0.717, 1.165) is 22.9 Å². The van der Waals surface area contributed by atoms with Gasteiger partial charge in [-0.1, -0.05) is 36.7 Å². The maximum Gasteiger partial charge on any atom is 0.161 e. The van der Waals surface area contributed by atoms with Crippen LogP contribution >= 0.6 is 15.9 Å². The van der Waals surface area contributed by atoms with Crippen LogP contribution in [0.3, 0.4) is 0 Å². The van der Waals surface area contributed by atoms with Crippen LogP contribution in [0.2, 0.25) is 0 Å². The fourth-order valence-corrected chi connectivity index (χ4v) is 1.73. The third kappa shape index (κ3) is 2.91. The van der Waals surface area contributed by atoms with Gasteiger partial charge in [-0.25, -0.2) is 0 Å². The van der Waals surface area contributed by atoms with Crippen molar-refractivity contribution in [2.24, 2.45) is 0 Å². The lowest BCUT2D eigenvalue weighted by atomic mass is 10.1. The Labute approximate surface area is 94.0 Å². The van der Waals surface area contributed by atoms with Crippen molar-refractivity contribution in [1.82, 2.24) is 0 Å². The Bertz CT molecular complexity index is 298. The first-order valence-corrected chi connectivity index (χ1v) is 5.03. The lowest BCUT2D eigenvalue weighted by molar-refractivity contribution is 0.372. The van der Waals surface area contributed by atoms with Crippen molar-refractivity contribution in [3.05, 3.63) is 22.2 Å². The lowest BCUT2D eigenvalue weighted by Gasteiger charge is -2.07. The average Bonchev–Trinajstić information content (AvgIpc) is 2.11. The second kappa shape index (κ2) is 5.91. The number of halogens is 1. The Balaban J connectivity index is 0.00000169. The number of phenolic OH excluding ortho intramolecular Hbond substituents is 1. The molecule has 0 saturated carbocycles. The number of aryl methyl sites for hydroxylation is 1. The zero-order chi connectivity index (χ0) is 9.84. The van der Waals surface area contributed by atoms with Crippen LogP contribution in [0.15, 0.2) is 16.6 Å². The average molecular weight is 261 g/mol. The molecule has 1 aromatic carbocycles. The van der Waals surface area contributed by atoms with Crippen LogP contribution in [0, 0.1) is 0 Å². The molecule has 0 amide bonds. The van der Waals surface area contributed by atoms with Crippen LogP contribution in [0.5, 0.6) is 11.5 Å². The van der Waals surface area contributed by atoms with E-state index < -0.39 is 0 Å². The van der Waals surface area contributed by atoms with Crippen molar-refractivity contribution in [3.8, 4) is 11.5 Å². The molecule has 0 fully saturated rings. The quantitative estimate of drug-likeness (QED) is 0.897. The lowest BCUT2D eigenvalue weighted by Crippen LogP contribution is -1.89. The molecule has 0 spiro atoms. The molecule has 1 N–H and O–H groups in total. The molecule has 0 aromatic heterocycles. The van der Waals surface area contributed by atoms with E-state index in [1.165, 1.54) is 0 Å². The van der Waals surface area contributed by atoms with Crippen LogP contribution in [0.4, 0.5) is 0 Å². The Morgan fingerprint density at radius 1 is 1.43 bits per heavy atom. The molecule has 0 atom stereocenters. The molecule has 3 heteroatoms. The maximum absolute atomic E-state index is 9.50. The van der Waals surface area contributed by atoms with Gasteiger partial charge in [0.05, 0.1) is 7.11 Å². The van der Waals surface area contributed by atoms with Gasteiger partial charge >= 0.3 is 0 Å². The maximum atomic E-state index is 9.50. The molecule has 0 radical (unpaired) electrons. The van der Waals surface area contributed by atoms with Crippen molar-refractivity contribution in [1.29, 1.82) is 0 Å². The number of hydrogen-bond donors (Lipinski definition) is 1. The fourth-order valence-electron chi connectivity index (χ4n) is 1.21. The minimum atomic E-state index is 0. The minimum Gasteiger partial charge on any atom is -0.504 e. The first-order valence-electron chi connectivity index (χ1n) is 4.24. The van der Waals surface area contributed by atoms with Gasteiger partial charge in [0.1, 0.15) is 0 Å². The molecule has 0 heterocycles. The monoisotopic (exact) mass is 260 g/mol. The molecule has 1 rings (SSSR count). The highest BCUT2D eigenvalue weighted by Crippen LogP contribution is 2.32. The van der Waals surface area contributed by atoms with E-state index in [-0.39, 0.29) is 13.2 Å². The number of rotatable bonds is 3. The minimum absolute atomic E-state index is 0. The summed E-state index contributed by atoms with van der Waals surface area (Å²) in [6, 6.07) is 3.53. The summed E-state index contributed by atoms with van der Waals surface area (Å²) in [5.41, 5.74) is 1.11. The van der Waals surface area contributed by atoms with Crippen molar-refractivity contribution >= 4 is 15.9 Å². The van der Waals surface area contributed by atoms with Crippen molar-refractivity contribution in [2.75, 3.05) is 7.11 Å². The van der Waals surface area contributed by atoms with E-state index in [1.807, 2.05) is 0 Å². The van der Waals surface area contributed by atoms with Crippen molar-refractivity contribution in [3.63, 3.8) is 0 Å². The van der Waals surface area contributed by atoms with Crippen molar-refractivity contribution in [2.45, 2.75) is 27.2 Å². The van der Waals surface area contributed by atoms with Gasteiger partial charge in [-0.05, 0) is 24.1 Å². The molecule has 80 valence electrons. The molecule has 0 aliphatic rings. The van der Waals surface area contributed by atoms with Crippen LogP contribution < -0.4 is 4.74 Å². The third-order valence-electron chi connectivity index (χ3n) is 1.87. The summed E-state index contributed by atoms with van der Waals surface area (Å²) in [5, 5.41) is 9.50. The SMILES string of the molecule is C.CCCc1cc(O)c(OC)cc1Br. The van der Waals surface area contributed by atoms with E-state index in [2.05, 4.69) is 22.9 Å². The van der Waals surface area contributed by atoms with E-state index >= 15 is 0 Å². The van der Waals surface area contributed by atoms with Gasteiger partial charge < -0.3 is 9.84 Å². The molecule has 0 aliphatic carbocycles. The molecular formula is C11H17BrO2. The van der Waals surface area contributed by atoms with Crippen molar-refractivity contribution < 1.29 is 9.84 Å². The van der Waals surface area contributed by atoms with Gasteiger partial charge in [-0.3, -0.25) is 0 Å². The molecule has 2 nitrogen and oxygen atoms in total. The smallest absolute Gasteiger partial charge is 0.161 e. The Hall–Kier alpha value is -0.700. The second-order valence-electron chi connectivity index (χ2n) is 2.87. The fraction of sp³-hybridized carbons (Fsp3) is 0.455. The van der Waals surface area contributed by atoms with E-state index in [1.54, 1.807) is 19.2 Å². The Morgan fingerprint density at radius 2 is 2.07 bits per heavy atom. The summed E-state index contributed by atoms with van der Waals surface area (Å²) in [6.07, 6.45) is 2.02. The highest BCUT2D eigenvalue weighted by atomic mass is 79.9. The van der Waals surface area contributed by atoms with E-state index in [9.17, 15) is 5.11 Å². The van der Waals surface area contributed by atoms with Crippen LogP contribution in [0.25, 0.3) is 0 Å². The molecule has 0 saturated heterocycles. The zero-order valence-corrected chi connectivity index (χ0v) is 9.39. The van der Waals surface area contributed by atoms with Gasteiger partial charge in [-0.2, -0.15) is 0 Å². The van der Waals surface area contributed by atoms with E-state index in [0.29, 0.717) is 5.75 Å². The number of hydrogen-bond acceptors (Lipinski definition) is 2. The number of benzene rings is 1. The first kappa shape index (κ1) is 13.3.